The highest BCUT2D eigenvalue weighted by Gasteiger charge is 2.13. The van der Waals surface area contributed by atoms with E-state index in [1.165, 1.54) is 0 Å². The van der Waals surface area contributed by atoms with Crippen molar-refractivity contribution in [2.24, 2.45) is 13.0 Å². The Hall–Kier alpha value is -1.03. The molecule has 0 aromatic carbocycles. The SMILES string of the molecule is Cc1cc(C(=O)NCC(Cl)CC(C)C)n(C)n1. The second-order valence-electron chi connectivity index (χ2n) is 4.73. The molecule has 0 aliphatic rings. The number of hydrogen-bond donors (Lipinski definition) is 1. The van der Waals surface area contributed by atoms with Gasteiger partial charge in [-0.05, 0) is 25.3 Å². The molecule has 96 valence electrons. The van der Waals surface area contributed by atoms with Gasteiger partial charge in [0.1, 0.15) is 5.69 Å². The summed E-state index contributed by atoms with van der Waals surface area (Å²) in [5, 5.41) is 6.94. The summed E-state index contributed by atoms with van der Waals surface area (Å²) >= 11 is 6.12. The van der Waals surface area contributed by atoms with E-state index in [1.54, 1.807) is 17.8 Å². The first-order valence-electron chi connectivity index (χ1n) is 5.83. The average Bonchev–Trinajstić information content (AvgIpc) is 2.53. The maximum Gasteiger partial charge on any atom is 0.269 e. The van der Waals surface area contributed by atoms with Crippen LogP contribution in [0.3, 0.4) is 0 Å². The second kappa shape index (κ2) is 6.05. The summed E-state index contributed by atoms with van der Waals surface area (Å²) in [5.74, 6) is 0.413. The van der Waals surface area contributed by atoms with E-state index >= 15 is 0 Å². The molecule has 0 saturated heterocycles. The topological polar surface area (TPSA) is 46.9 Å². The summed E-state index contributed by atoms with van der Waals surface area (Å²) in [5.41, 5.74) is 1.40. The lowest BCUT2D eigenvalue weighted by molar-refractivity contribution is 0.0943. The number of carbonyl (C=O) groups is 1. The highest BCUT2D eigenvalue weighted by Crippen LogP contribution is 2.10. The Kier molecular flexibility index (Phi) is 5.00. The summed E-state index contributed by atoms with van der Waals surface area (Å²) in [4.78, 5) is 11.8. The number of amides is 1. The molecule has 1 heterocycles. The Bertz CT molecular complexity index is 387. The van der Waals surface area contributed by atoms with E-state index in [2.05, 4.69) is 24.3 Å². The van der Waals surface area contributed by atoms with Gasteiger partial charge in [-0.3, -0.25) is 9.48 Å². The fourth-order valence-corrected chi connectivity index (χ4v) is 2.15. The lowest BCUT2D eigenvalue weighted by Crippen LogP contribution is -2.31. The molecule has 0 saturated carbocycles. The molecule has 0 fully saturated rings. The summed E-state index contributed by atoms with van der Waals surface area (Å²) in [7, 11) is 1.76. The molecule has 1 atom stereocenters. The minimum absolute atomic E-state index is 0.0201. The Morgan fingerprint density at radius 1 is 1.59 bits per heavy atom. The molecule has 1 rings (SSSR count). The quantitative estimate of drug-likeness (QED) is 0.822. The number of aromatic nitrogens is 2. The number of halogens is 1. The van der Waals surface area contributed by atoms with Gasteiger partial charge < -0.3 is 5.32 Å². The standard InChI is InChI=1S/C12H20ClN3O/c1-8(2)5-10(13)7-14-12(17)11-6-9(3)15-16(11)4/h6,8,10H,5,7H2,1-4H3,(H,14,17). The van der Waals surface area contributed by atoms with Crippen LogP contribution in [-0.2, 0) is 7.05 Å². The molecule has 0 aliphatic heterocycles. The van der Waals surface area contributed by atoms with Crippen molar-refractivity contribution in [2.75, 3.05) is 6.54 Å². The molecule has 0 spiro atoms. The number of carbonyl (C=O) groups excluding carboxylic acids is 1. The van der Waals surface area contributed by atoms with Gasteiger partial charge in [0.05, 0.1) is 11.1 Å². The van der Waals surface area contributed by atoms with Gasteiger partial charge in [-0.25, -0.2) is 0 Å². The van der Waals surface area contributed by atoms with E-state index in [1.807, 2.05) is 6.92 Å². The largest absolute Gasteiger partial charge is 0.349 e. The van der Waals surface area contributed by atoms with Crippen molar-refractivity contribution in [2.45, 2.75) is 32.6 Å². The predicted molar refractivity (Wildman–Crippen MR) is 69.4 cm³/mol. The minimum atomic E-state index is -0.123. The molecule has 0 aliphatic carbocycles. The molecule has 1 unspecified atom stereocenters. The van der Waals surface area contributed by atoms with Gasteiger partial charge in [0, 0.05) is 13.6 Å². The zero-order chi connectivity index (χ0) is 13.0. The van der Waals surface area contributed by atoms with E-state index in [-0.39, 0.29) is 11.3 Å². The fourth-order valence-electron chi connectivity index (χ4n) is 1.71. The van der Waals surface area contributed by atoms with E-state index in [0.29, 0.717) is 18.2 Å². The first-order chi connectivity index (χ1) is 7.90. The number of aryl methyl sites for hydroxylation is 2. The number of alkyl halides is 1. The maximum absolute atomic E-state index is 11.8. The van der Waals surface area contributed by atoms with E-state index in [4.69, 9.17) is 11.6 Å². The molecule has 1 N–H and O–H groups in total. The number of nitrogens with zero attached hydrogens (tertiary/aromatic N) is 2. The molecule has 4 nitrogen and oxygen atoms in total. The van der Waals surface area contributed by atoms with Gasteiger partial charge in [0.15, 0.2) is 0 Å². The molecule has 17 heavy (non-hydrogen) atoms. The van der Waals surface area contributed by atoms with Crippen molar-refractivity contribution >= 4 is 17.5 Å². The summed E-state index contributed by atoms with van der Waals surface area (Å²) < 4.78 is 1.58. The second-order valence-corrected chi connectivity index (χ2v) is 5.35. The van der Waals surface area contributed by atoms with Gasteiger partial charge in [0.2, 0.25) is 0 Å². The third kappa shape index (κ3) is 4.38. The van der Waals surface area contributed by atoms with E-state index < -0.39 is 0 Å². The van der Waals surface area contributed by atoms with Crippen molar-refractivity contribution in [3.8, 4) is 0 Å². The highest BCUT2D eigenvalue weighted by molar-refractivity contribution is 6.20. The van der Waals surface area contributed by atoms with Gasteiger partial charge >= 0.3 is 0 Å². The summed E-state index contributed by atoms with van der Waals surface area (Å²) in [6, 6.07) is 1.76. The summed E-state index contributed by atoms with van der Waals surface area (Å²) in [6.45, 7) is 6.58. The van der Waals surface area contributed by atoms with Crippen LogP contribution in [0.1, 0.15) is 36.5 Å². The Balaban J connectivity index is 2.47. The molecule has 1 aromatic heterocycles. The lowest BCUT2D eigenvalue weighted by Gasteiger charge is -2.12. The molecule has 1 aromatic rings. The molecular weight excluding hydrogens is 238 g/mol. The van der Waals surface area contributed by atoms with Gasteiger partial charge in [-0.1, -0.05) is 13.8 Å². The highest BCUT2D eigenvalue weighted by atomic mass is 35.5. The Morgan fingerprint density at radius 2 is 2.24 bits per heavy atom. The van der Waals surface area contributed by atoms with E-state index in [0.717, 1.165) is 12.1 Å². The zero-order valence-corrected chi connectivity index (χ0v) is 11.6. The first-order valence-corrected chi connectivity index (χ1v) is 6.26. The molecule has 0 radical (unpaired) electrons. The predicted octanol–water partition coefficient (Wildman–Crippen LogP) is 2.11. The van der Waals surface area contributed by atoms with Gasteiger partial charge in [-0.15, -0.1) is 11.6 Å². The van der Waals surface area contributed by atoms with Crippen molar-refractivity contribution in [1.82, 2.24) is 15.1 Å². The van der Waals surface area contributed by atoms with Crippen LogP contribution in [0.15, 0.2) is 6.07 Å². The van der Waals surface area contributed by atoms with E-state index in [9.17, 15) is 4.79 Å². The minimum Gasteiger partial charge on any atom is -0.349 e. The molecule has 5 heteroatoms. The Labute approximate surface area is 107 Å². The van der Waals surface area contributed by atoms with Crippen molar-refractivity contribution in [1.29, 1.82) is 0 Å². The fraction of sp³-hybridized carbons (Fsp3) is 0.667. The third-order valence-corrected chi connectivity index (χ3v) is 2.78. The summed E-state index contributed by atoms with van der Waals surface area (Å²) in [6.07, 6.45) is 0.895. The Morgan fingerprint density at radius 3 is 2.71 bits per heavy atom. The van der Waals surface area contributed by atoms with Crippen LogP contribution in [0.4, 0.5) is 0 Å². The number of nitrogens with one attached hydrogen (secondary N) is 1. The van der Waals surface area contributed by atoms with Crippen molar-refractivity contribution in [3.63, 3.8) is 0 Å². The van der Waals surface area contributed by atoms with Crippen LogP contribution in [0.25, 0.3) is 0 Å². The van der Waals surface area contributed by atoms with Gasteiger partial charge in [0.25, 0.3) is 5.91 Å². The maximum atomic E-state index is 11.8. The van der Waals surface area contributed by atoms with Crippen LogP contribution in [0, 0.1) is 12.8 Å². The molecule has 0 bridgehead atoms. The smallest absolute Gasteiger partial charge is 0.269 e. The normalized spacial score (nSPS) is 12.8. The molecule has 1 amide bonds. The van der Waals surface area contributed by atoms with Crippen LogP contribution < -0.4 is 5.32 Å². The number of hydrogen-bond acceptors (Lipinski definition) is 2. The number of rotatable bonds is 5. The van der Waals surface area contributed by atoms with Crippen LogP contribution in [-0.4, -0.2) is 27.6 Å². The average molecular weight is 258 g/mol. The molecular formula is C12H20ClN3O. The zero-order valence-electron chi connectivity index (χ0n) is 10.8. The lowest BCUT2D eigenvalue weighted by atomic mass is 10.1. The first kappa shape index (κ1) is 14.0. The monoisotopic (exact) mass is 257 g/mol. The van der Waals surface area contributed by atoms with Crippen LogP contribution >= 0.6 is 11.6 Å². The van der Waals surface area contributed by atoms with Gasteiger partial charge in [-0.2, -0.15) is 5.10 Å². The van der Waals surface area contributed by atoms with Crippen molar-refractivity contribution in [3.05, 3.63) is 17.5 Å². The van der Waals surface area contributed by atoms with Crippen LogP contribution in [0.2, 0.25) is 0 Å². The van der Waals surface area contributed by atoms with Crippen LogP contribution in [0.5, 0.6) is 0 Å². The third-order valence-electron chi connectivity index (χ3n) is 2.45. The van der Waals surface area contributed by atoms with Crippen molar-refractivity contribution < 1.29 is 4.79 Å².